The van der Waals surface area contributed by atoms with E-state index in [1.54, 1.807) is 11.3 Å². The summed E-state index contributed by atoms with van der Waals surface area (Å²) in [6.45, 7) is 6.02. The Labute approximate surface area is 75.7 Å². The maximum absolute atomic E-state index is 8.26. The van der Waals surface area contributed by atoms with Gasteiger partial charge in [0.05, 0.1) is 6.04 Å². The largest absolute Gasteiger partial charge is 0.146 e. The quantitative estimate of drug-likeness (QED) is 0.379. The van der Waals surface area contributed by atoms with Crippen molar-refractivity contribution < 1.29 is 0 Å². The molecule has 0 bridgehead atoms. The molecule has 1 aromatic heterocycles. The molecule has 0 spiro atoms. The van der Waals surface area contributed by atoms with Crippen LogP contribution in [0.3, 0.4) is 0 Å². The van der Waals surface area contributed by atoms with E-state index in [1.807, 2.05) is 6.92 Å². The molecule has 1 heterocycles. The predicted octanol–water partition coefficient (Wildman–Crippen LogP) is 3.74. The normalized spacial score (nSPS) is 12.2. The third-order valence-corrected chi connectivity index (χ3v) is 2.74. The van der Waals surface area contributed by atoms with E-state index in [-0.39, 0.29) is 6.04 Å². The monoisotopic (exact) mass is 181 g/mol. The van der Waals surface area contributed by atoms with Crippen LogP contribution in [-0.2, 0) is 0 Å². The standard InChI is InChI=1S/C8H11N3S/c1-5-4-8(7(3)12-5)6(2)10-11-9/h4,6H,1-3H3/t6-/m0/s1. The van der Waals surface area contributed by atoms with Crippen LogP contribution in [0.25, 0.3) is 10.4 Å². The molecule has 0 fully saturated rings. The van der Waals surface area contributed by atoms with E-state index in [2.05, 4.69) is 29.9 Å². The van der Waals surface area contributed by atoms with Gasteiger partial charge in [0.2, 0.25) is 0 Å². The van der Waals surface area contributed by atoms with Gasteiger partial charge in [-0.2, -0.15) is 0 Å². The van der Waals surface area contributed by atoms with Crippen LogP contribution in [0.5, 0.6) is 0 Å². The van der Waals surface area contributed by atoms with Crippen molar-refractivity contribution in [3.8, 4) is 0 Å². The summed E-state index contributed by atoms with van der Waals surface area (Å²) in [7, 11) is 0. The molecule has 0 aromatic carbocycles. The number of rotatable bonds is 2. The molecule has 0 amide bonds. The summed E-state index contributed by atoms with van der Waals surface area (Å²) in [6.07, 6.45) is 0. The van der Waals surface area contributed by atoms with Gasteiger partial charge in [0.25, 0.3) is 0 Å². The highest BCUT2D eigenvalue weighted by molar-refractivity contribution is 7.12. The van der Waals surface area contributed by atoms with Crippen molar-refractivity contribution in [3.63, 3.8) is 0 Å². The first-order chi connectivity index (χ1) is 5.65. The van der Waals surface area contributed by atoms with Crippen molar-refractivity contribution in [2.75, 3.05) is 0 Å². The molecule has 0 N–H and O–H groups in total. The van der Waals surface area contributed by atoms with Gasteiger partial charge in [-0.1, -0.05) is 12.0 Å². The van der Waals surface area contributed by atoms with Crippen molar-refractivity contribution in [1.82, 2.24) is 0 Å². The highest BCUT2D eigenvalue weighted by atomic mass is 32.1. The summed E-state index contributed by atoms with van der Waals surface area (Å²) < 4.78 is 0. The molecule has 0 saturated heterocycles. The number of aryl methyl sites for hydroxylation is 2. The van der Waals surface area contributed by atoms with Crippen molar-refractivity contribution in [2.45, 2.75) is 26.8 Å². The van der Waals surface area contributed by atoms with Crippen molar-refractivity contribution >= 4 is 11.3 Å². The minimum Gasteiger partial charge on any atom is -0.146 e. The van der Waals surface area contributed by atoms with Crippen LogP contribution in [0, 0.1) is 13.8 Å². The Morgan fingerprint density at radius 1 is 1.58 bits per heavy atom. The third-order valence-electron chi connectivity index (χ3n) is 1.75. The lowest BCUT2D eigenvalue weighted by Crippen LogP contribution is -1.86. The van der Waals surface area contributed by atoms with Gasteiger partial charge in [-0.15, -0.1) is 11.3 Å². The van der Waals surface area contributed by atoms with Crippen LogP contribution >= 0.6 is 11.3 Å². The van der Waals surface area contributed by atoms with Crippen LogP contribution in [-0.4, -0.2) is 0 Å². The van der Waals surface area contributed by atoms with Crippen LogP contribution in [0.4, 0.5) is 0 Å². The molecule has 3 nitrogen and oxygen atoms in total. The first-order valence-electron chi connectivity index (χ1n) is 3.76. The van der Waals surface area contributed by atoms with E-state index in [0.29, 0.717) is 0 Å². The van der Waals surface area contributed by atoms with Gasteiger partial charge in [0.1, 0.15) is 0 Å². The third kappa shape index (κ3) is 1.78. The average molecular weight is 181 g/mol. The van der Waals surface area contributed by atoms with E-state index >= 15 is 0 Å². The smallest absolute Gasteiger partial charge is 0.0608 e. The van der Waals surface area contributed by atoms with Gasteiger partial charge in [-0.25, -0.2) is 0 Å². The topological polar surface area (TPSA) is 48.8 Å². The fourth-order valence-electron chi connectivity index (χ4n) is 1.20. The zero-order valence-corrected chi connectivity index (χ0v) is 8.22. The van der Waals surface area contributed by atoms with Gasteiger partial charge >= 0.3 is 0 Å². The molecule has 1 aromatic rings. The van der Waals surface area contributed by atoms with E-state index in [4.69, 9.17) is 5.53 Å². The Hall–Kier alpha value is -0.990. The van der Waals surface area contributed by atoms with Gasteiger partial charge in [-0.05, 0) is 31.0 Å². The number of nitrogens with zero attached hydrogens (tertiary/aromatic N) is 3. The highest BCUT2D eigenvalue weighted by Crippen LogP contribution is 2.28. The first kappa shape index (κ1) is 9.10. The number of thiophene rings is 1. The zero-order chi connectivity index (χ0) is 9.14. The van der Waals surface area contributed by atoms with Crippen LogP contribution in [0.2, 0.25) is 0 Å². The molecule has 0 radical (unpaired) electrons. The average Bonchev–Trinajstić information content (AvgIpc) is 2.30. The maximum Gasteiger partial charge on any atom is 0.0608 e. The van der Waals surface area contributed by atoms with E-state index < -0.39 is 0 Å². The molecule has 0 aliphatic carbocycles. The van der Waals surface area contributed by atoms with Crippen molar-refractivity contribution in [2.24, 2.45) is 5.11 Å². The Kier molecular flexibility index (Phi) is 2.74. The van der Waals surface area contributed by atoms with Gasteiger partial charge in [0.15, 0.2) is 0 Å². The highest BCUT2D eigenvalue weighted by Gasteiger charge is 2.08. The SMILES string of the molecule is Cc1cc([C@H](C)N=[N+]=[N-])c(C)s1. The maximum atomic E-state index is 8.26. The molecule has 0 unspecified atom stereocenters. The fourth-order valence-corrected chi connectivity index (χ4v) is 2.22. The summed E-state index contributed by atoms with van der Waals surface area (Å²) in [5, 5.41) is 3.66. The molecular weight excluding hydrogens is 170 g/mol. The molecule has 1 atom stereocenters. The first-order valence-corrected chi connectivity index (χ1v) is 4.58. The van der Waals surface area contributed by atoms with Gasteiger partial charge in [-0.3, -0.25) is 0 Å². The van der Waals surface area contributed by atoms with Crippen LogP contribution in [0.1, 0.15) is 28.3 Å². The molecule has 0 saturated carbocycles. The Balaban J connectivity index is 3.01. The predicted molar refractivity (Wildman–Crippen MR) is 51.4 cm³/mol. The minimum atomic E-state index is -0.0417. The summed E-state index contributed by atoms with van der Waals surface area (Å²) in [4.78, 5) is 5.30. The second-order valence-corrected chi connectivity index (χ2v) is 4.21. The fraction of sp³-hybridized carbons (Fsp3) is 0.500. The number of hydrogen-bond donors (Lipinski definition) is 0. The zero-order valence-electron chi connectivity index (χ0n) is 7.40. The molecule has 1 rings (SSSR count). The molecule has 12 heavy (non-hydrogen) atoms. The lowest BCUT2D eigenvalue weighted by atomic mass is 10.1. The lowest BCUT2D eigenvalue weighted by Gasteiger charge is -2.01. The van der Waals surface area contributed by atoms with Crippen molar-refractivity contribution in [1.29, 1.82) is 0 Å². The Bertz CT molecular complexity index is 323. The molecule has 4 heteroatoms. The van der Waals surface area contributed by atoms with Gasteiger partial charge < -0.3 is 0 Å². The molecular formula is C8H11N3S. The van der Waals surface area contributed by atoms with Crippen LogP contribution in [0.15, 0.2) is 11.2 Å². The molecule has 0 aliphatic heterocycles. The second kappa shape index (κ2) is 3.61. The summed E-state index contributed by atoms with van der Waals surface area (Å²) in [5.41, 5.74) is 9.41. The Morgan fingerprint density at radius 2 is 2.25 bits per heavy atom. The molecule has 0 aliphatic rings. The summed E-state index contributed by atoms with van der Waals surface area (Å²) in [6, 6.07) is 2.04. The lowest BCUT2D eigenvalue weighted by molar-refractivity contribution is 0.805. The molecule has 64 valence electrons. The van der Waals surface area contributed by atoms with E-state index in [0.717, 1.165) is 5.56 Å². The number of hydrogen-bond acceptors (Lipinski definition) is 2. The van der Waals surface area contributed by atoms with Crippen LogP contribution < -0.4 is 0 Å². The Morgan fingerprint density at radius 3 is 2.67 bits per heavy atom. The summed E-state index contributed by atoms with van der Waals surface area (Å²) >= 11 is 1.74. The second-order valence-electron chi connectivity index (χ2n) is 2.75. The summed E-state index contributed by atoms with van der Waals surface area (Å²) in [5.74, 6) is 0. The number of azide groups is 1. The van der Waals surface area contributed by atoms with Crippen molar-refractivity contribution in [3.05, 3.63) is 31.8 Å². The van der Waals surface area contributed by atoms with Gasteiger partial charge in [0, 0.05) is 14.7 Å². The minimum absolute atomic E-state index is 0.0417. The van der Waals surface area contributed by atoms with E-state index in [1.165, 1.54) is 9.75 Å². The van der Waals surface area contributed by atoms with E-state index in [9.17, 15) is 0 Å².